The van der Waals surface area contributed by atoms with Crippen molar-refractivity contribution in [2.75, 3.05) is 6.61 Å². The van der Waals surface area contributed by atoms with Crippen molar-refractivity contribution in [2.24, 2.45) is 0 Å². The van der Waals surface area contributed by atoms with E-state index in [-0.39, 0.29) is 18.6 Å². The number of aromatic nitrogens is 4. The van der Waals surface area contributed by atoms with Gasteiger partial charge in [0.15, 0.2) is 0 Å². The summed E-state index contributed by atoms with van der Waals surface area (Å²) in [7, 11) is 0. The average molecular weight is 261 g/mol. The summed E-state index contributed by atoms with van der Waals surface area (Å²) >= 11 is 0. The molecule has 0 aliphatic carbocycles. The molecule has 0 saturated heterocycles. The van der Waals surface area contributed by atoms with Gasteiger partial charge in [0.05, 0.1) is 23.9 Å². The van der Waals surface area contributed by atoms with Gasteiger partial charge in [-0.15, -0.1) is 5.10 Å². The lowest BCUT2D eigenvalue weighted by Crippen LogP contribution is -2.37. The highest BCUT2D eigenvalue weighted by molar-refractivity contribution is 5.97. The summed E-state index contributed by atoms with van der Waals surface area (Å²) in [5.74, 6) is -0.257. The van der Waals surface area contributed by atoms with E-state index in [0.29, 0.717) is 17.7 Å². The molecule has 100 valence electrons. The molecular formula is C12H15N5O2. The Hall–Kier alpha value is -2.28. The molecule has 2 N–H and O–H groups in total. The second-order valence-corrected chi connectivity index (χ2v) is 4.03. The minimum atomic E-state index is -0.257. The van der Waals surface area contributed by atoms with Gasteiger partial charge in [-0.1, -0.05) is 19.1 Å². The zero-order valence-corrected chi connectivity index (χ0v) is 10.5. The van der Waals surface area contributed by atoms with E-state index in [0.717, 1.165) is 0 Å². The van der Waals surface area contributed by atoms with Gasteiger partial charge in [-0.3, -0.25) is 4.79 Å². The normalized spacial score (nSPS) is 12.1. The molecule has 0 bridgehead atoms. The molecule has 1 atom stereocenters. The first-order valence-corrected chi connectivity index (χ1v) is 6.00. The molecule has 0 saturated carbocycles. The number of carbonyl (C=O) groups is 1. The summed E-state index contributed by atoms with van der Waals surface area (Å²) in [5.41, 5.74) is 1.06. The maximum Gasteiger partial charge on any atom is 0.253 e. The van der Waals surface area contributed by atoms with E-state index in [4.69, 9.17) is 5.11 Å². The van der Waals surface area contributed by atoms with Crippen molar-refractivity contribution in [1.82, 2.24) is 25.5 Å². The molecule has 19 heavy (non-hydrogen) atoms. The number of nitrogens with one attached hydrogen (secondary N) is 1. The molecule has 0 aliphatic heterocycles. The summed E-state index contributed by atoms with van der Waals surface area (Å²) in [6.45, 7) is 1.81. The van der Waals surface area contributed by atoms with Gasteiger partial charge < -0.3 is 10.4 Å². The first-order chi connectivity index (χ1) is 9.26. The van der Waals surface area contributed by atoms with Gasteiger partial charge in [-0.2, -0.15) is 4.68 Å². The van der Waals surface area contributed by atoms with E-state index >= 15 is 0 Å². The second-order valence-electron chi connectivity index (χ2n) is 4.03. The Morgan fingerprint density at radius 3 is 2.89 bits per heavy atom. The predicted octanol–water partition coefficient (Wildman–Crippen LogP) is 0.163. The van der Waals surface area contributed by atoms with Crippen LogP contribution in [0.25, 0.3) is 5.69 Å². The first-order valence-electron chi connectivity index (χ1n) is 6.00. The Kier molecular flexibility index (Phi) is 4.19. The van der Waals surface area contributed by atoms with E-state index in [1.165, 1.54) is 11.0 Å². The molecule has 2 rings (SSSR count). The highest BCUT2D eigenvalue weighted by atomic mass is 16.3. The zero-order valence-electron chi connectivity index (χ0n) is 10.5. The van der Waals surface area contributed by atoms with Crippen LogP contribution in [-0.4, -0.2) is 43.9 Å². The van der Waals surface area contributed by atoms with Crippen molar-refractivity contribution in [3.05, 3.63) is 36.2 Å². The number of hydrogen-bond donors (Lipinski definition) is 2. The molecule has 0 fully saturated rings. The van der Waals surface area contributed by atoms with E-state index in [9.17, 15) is 4.79 Å². The maximum absolute atomic E-state index is 12.2. The van der Waals surface area contributed by atoms with Gasteiger partial charge in [0.25, 0.3) is 5.91 Å². The molecule has 1 aromatic carbocycles. The zero-order chi connectivity index (χ0) is 13.7. The third-order valence-corrected chi connectivity index (χ3v) is 2.79. The molecule has 7 nitrogen and oxygen atoms in total. The lowest BCUT2D eigenvalue weighted by atomic mass is 10.1. The predicted molar refractivity (Wildman–Crippen MR) is 67.8 cm³/mol. The van der Waals surface area contributed by atoms with Crippen LogP contribution < -0.4 is 5.32 Å². The minimum absolute atomic E-state index is 0.0880. The lowest BCUT2D eigenvalue weighted by molar-refractivity contribution is 0.0915. The number of nitrogens with zero attached hydrogens (tertiary/aromatic N) is 4. The molecule has 0 aliphatic rings. The van der Waals surface area contributed by atoms with Gasteiger partial charge in [-0.25, -0.2) is 0 Å². The SMILES string of the molecule is CCC(CO)NC(=O)c1ccccc1-n1cnnn1. The Bertz CT molecular complexity index is 537. The number of amides is 1. The van der Waals surface area contributed by atoms with Gasteiger partial charge >= 0.3 is 0 Å². The van der Waals surface area contributed by atoms with Gasteiger partial charge in [0.2, 0.25) is 0 Å². The molecule has 7 heteroatoms. The Morgan fingerprint density at radius 2 is 2.26 bits per heavy atom. The van der Waals surface area contributed by atoms with E-state index in [1.54, 1.807) is 24.3 Å². The van der Waals surface area contributed by atoms with Crippen molar-refractivity contribution >= 4 is 5.91 Å². The van der Waals surface area contributed by atoms with Crippen molar-refractivity contribution < 1.29 is 9.90 Å². The largest absolute Gasteiger partial charge is 0.394 e. The summed E-state index contributed by atoms with van der Waals surface area (Å²) < 4.78 is 1.43. The van der Waals surface area contributed by atoms with Gasteiger partial charge in [-0.05, 0) is 29.0 Å². The van der Waals surface area contributed by atoms with Crippen LogP contribution in [0.3, 0.4) is 0 Å². The molecular weight excluding hydrogens is 246 g/mol. The monoisotopic (exact) mass is 261 g/mol. The molecule has 1 aromatic heterocycles. The number of aliphatic hydroxyl groups is 1. The Balaban J connectivity index is 2.27. The minimum Gasteiger partial charge on any atom is -0.394 e. The van der Waals surface area contributed by atoms with Crippen LogP contribution in [0.4, 0.5) is 0 Å². The molecule has 0 spiro atoms. The number of carbonyl (C=O) groups excluding carboxylic acids is 1. The summed E-state index contributed by atoms with van der Waals surface area (Å²) in [5, 5.41) is 22.8. The fourth-order valence-electron chi connectivity index (χ4n) is 1.68. The Labute approximate surface area is 110 Å². The fourth-order valence-corrected chi connectivity index (χ4v) is 1.68. The summed E-state index contributed by atoms with van der Waals surface area (Å²) in [6.07, 6.45) is 2.09. The van der Waals surface area contributed by atoms with E-state index in [1.807, 2.05) is 6.92 Å². The molecule has 1 unspecified atom stereocenters. The Morgan fingerprint density at radius 1 is 1.47 bits per heavy atom. The smallest absolute Gasteiger partial charge is 0.253 e. The number of para-hydroxylation sites is 1. The maximum atomic E-state index is 12.2. The van der Waals surface area contributed by atoms with Crippen LogP contribution in [-0.2, 0) is 0 Å². The van der Waals surface area contributed by atoms with Crippen molar-refractivity contribution in [2.45, 2.75) is 19.4 Å². The molecule has 2 aromatic rings. The van der Waals surface area contributed by atoms with Crippen LogP contribution in [0.15, 0.2) is 30.6 Å². The van der Waals surface area contributed by atoms with Crippen molar-refractivity contribution in [1.29, 1.82) is 0 Å². The number of tetrazole rings is 1. The third kappa shape index (κ3) is 2.94. The topological polar surface area (TPSA) is 92.9 Å². The summed E-state index contributed by atoms with van der Waals surface area (Å²) in [6, 6.07) is 6.76. The highest BCUT2D eigenvalue weighted by Gasteiger charge is 2.15. The molecule has 1 amide bonds. The standard InChI is InChI=1S/C12H15N5O2/c1-2-9(7-18)14-12(19)10-5-3-4-6-11(10)17-8-13-15-16-17/h3-6,8-9,18H,2,7H2,1H3,(H,14,19). The van der Waals surface area contributed by atoms with Crippen molar-refractivity contribution in [3.8, 4) is 5.69 Å². The summed E-state index contributed by atoms with van der Waals surface area (Å²) in [4.78, 5) is 12.2. The van der Waals surface area contributed by atoms with Crippen LogP contribution in [0.5, 0.6) is 0 Å². The lowest BCUT2D eigenvalue weighted by Gasteiger charge is -2.15. The third-order valence-electron chi connectivity index (χ3n) is 2.79. The van der Waals surface area contributed by atoms with Crippen LogP contribution in [0.1, 0.15) is 23.7 Å². The number of rotatable bonds is 5. The van der Waals surface area contributed by atoms with Crippen molar-refractivity contribution in [3.63, 3.8) is 0 Å². The highest BCUT2D eigenvalue weighted by Crippen LogP contribution is 2.12. The fraction of sp³-hybridized carbons (Fsp3) is 0.333. The van der Waals surface area contributed by atoms with Gasteiger partial charge in [0.1, 0.15) is 6.33 Å². The number of aliphatic hydroxyl groups excluding tert-OH is 1. The average Bonchev–Trinajstić information content (AvgIpc) is 2.98. The van der Waals surface area contributed by atoms with E-state index in [2.05, 4.69) is 20.8 Å². The van der Waals surface area contributed by atoms with Crippen LogP contribution >= 0.6 is 0 Å². The van der Waals surface area contributed by atoms with Crippen LogP contribution in [0, 0.1) is 0 Å². The second kappa shape index (κ2) is 6.05. The number of benzene rings is 1. The molecule has 1 heterocycles. The molecule has 0 radical (unpaired) electrons. The van der Waals surface area contributed by atoms with Crippen LogP contribution in [0.2, 0.25) is 0 Å². The van der Waals surface area contributed by atoms with Gasteiger partial charge in [0, 0.05) is 0 Å². The van der Waals surface area contributed by atoms with E-state index < -0.39 is 0 Å². The number of hydrogen-bond acceptors (Lipinski definition) is 5. The first kappa shape index (κ1) is 13.2. The quantitative estimate of drug-likeness (QED) is 0.800.